The van der Waals surface area contributed by atoms with Crippen LogP contribution in [0.3, 0.4) is 0 Å². The number of carbonyl (C=O) groups is 2. The molecule has 0 aliphatic heterocycles. The van der Waals surface area contributed by atoms with Gasteiger partial charge in [0, 0.05) is 11.8 Å². The van der Waals surface area contributed by atoms with Crippen LogP contribution in [0.15, 0.2) is 0 Å². The van der Waals surface area contributed by atoms with Gasteiger partial charge in [-0.3, -0.25) is 0 Å². The lowest BCUT2D eigenvalue weighted by atomic mass is 9.87. The highest BCUT2D eigenvalue weighted by Crippen LogP contribution is 2.19. The number of hydrogen-bond donors (Lipinski definition) is 3. The van der Waals surface area contributed by atoms with Crippen molar-refractivity contribution in [3.63, 3.8) is 0 Å². The third-order valence-electron chi connectivity index (χ3n) is 2.34. The Labute approximate surface area is 113 Å². The summed E-state index contributed by atoms with van der Waals surface area (Å²) < 4.78 is 0. The molecule has 106 valence electrons. The average molecular weight is 276 g/mol. The van der Waals surface area contributed by atoms with Gasteiger partial charge in [-0.05, 0) is 18.1 Å². The predicted octanol–water partition coefficient (Wildman–Crippen LogP) is 1.93. The van der Waals surface area contributed by atoms with Crippen molar-refractivity contribution >= 4 is 23.8 Å². The summed E-state index contributed by atoms with van der Waals surface area (Å²) in [5.74, 6) is 0.790. The van der Waals surface area contributed by atoms with Crippen molar-refractivity contribution in [3.05, 3.63) is 0 Å². The zero-order valence-corrected chi connectivity index (χ0v) is 12.6. The number of thioether (sulfide) groups is 1. The third-order valence-corrected chi connectivity index (χ3v) is 3.48. The van der Waals surface area contributed by atoms with E-state index in [0.29, 0.717) is 0 Å². The van der Waals surface area contributed by atoms with Crippen molar-refractivity contribution in [2.75, 3.05) is 11.5 Å². The molecular formula is C12H24N2O3S. The van der Waals surface area contributed by atoms with Gasteiger partial charge in [-0.25, -0.2) is 9.59 Å². The summed E-state index contributed by atoms with van der Waals surface area (Å²) in [5.41, 5.74) is -0.523. The van der Waals surface area contributed by atoms with E-state index in [2.05, 4.69) is 17.6 Å². The molecule has 2 atom stereocenters. The van der Waals surface area contributed by atoms with Crippen molar-refractivity contribution in [2.45, 2.75) is 46.7 Å². The Kier molecular flexibility index (Phi) is 7.13. The second-order valence-corrected chi connectivity index (χ2v) is 6.63. The fourth-order valence-electron chi connectivity index (χ4n) is 1.38. The number of aliphatic carboxylic acids is 1. The van der Waals surface area contributed by atoms with Crippen LogP contribution in [0, 0.1) is 5.41 Å². The number of carboxylic acid groups (broad SMARTS) is 1. The number of hydrogen-bond acceptors (Lipinski definition) is 3. The van der Waals surface area contributed by atoms with Crippen LogP contribution < -0.4 is 10.6 Å². The fraction of sp³-hybridized carbons (Fsp3) is 0.833. The Bertz CT molecular complexity index is 290. The van der Waals surface area contributed by atoms with Gasteiger partial charge in [-0.1, -0.05) is 27.7 Å². The molecule has 0 saturated heterocycles. The quantitative estimate of drug-likeness (QED) is 0.692. The van der Waals surface area contributed by atoms with Gasteiger partial charge < -0.3 is 15.7 Å². The lowest BCUT2D eigenvalue weighted by molar-refractivity contribution is -0.141. The van der Waals surface area contributed by atoms with Crippen LogP contribution in [-0.2, 0) is 4.79 Å². The van der Waals surface area contributed by atoms with Crippen LogP contribution in [-0.4, -0.2) is 40.7 Å². The van der Waals surface area contributed by atoms with E-state index in [-0.39, 0.29) is 6.04 Å². The molecule has 2 amide bonds. The van der Waals surface area contributed by atoms with Crippen LogP contribution in [0.2, 0.25) is 0 Å². The number of carbonyl (C=O) groups excluding carboxylic acids is 1. The first kappa shape index (κ1) is 17.1. The van der Waals surface area contributed by atoms with E-state index in [1.165, 1.54) is 0 Å². The molecule has 0 bridgehead atoms. The van der Waals surface area contributed by atoms with Crippen molar-refractivity contribution in [1.29, 1.82) is 0 Å². The van der Waals surface area contributed by atoms with Crippen LogP contribution in [0.1, 0.15) is 34.6 Å². The molecule has 1 unspecified atom stereocenters. The predicted molar refractivity (Wildman–Crippen MR) is 75.0 cm³/mol. The summed E-state index contributed by atoms with van der Waals surface area (Å²) in [5, 5.41) is 14.3. The number of amides is 2. The van der Waals surface area contributed by atoms with E-state index in [9.17, 15) is 9.59 Å². The van der Waals surface area contributed by atoms with E-state index in [4.69, 9.17) is 5.11 Å². The lowest BCUT2D eigenvalue weighted by Crippen LogP contribution is -2.53. The molecule has 0 aromatic rings. The first-order valence-electron chi connectivity index (χ1n) is 6.06. The van der Waals surface area contributed by atoms with E-state index in [1.807, 2.05) is 6.92 Å². The normalized spacial score (nSPS) is 14.7. The van der Waals surface area contributed by atoms with Gasteiger partial charge in [0.05, 0.1) is 0 Å². The average Bonchev–Trinajstić information content (AvgIpc) is 2.21. The van der Waals surface area contributed by atoms with E-state index >= 15 is 0 Å². The first-order chi connectivity index (χ1) is 8.18. The van der Waals surface area contributed by atoms with Crippen LogP contribution in [0.4, 0.5) is 4.79 Å². The monoisotopic (exact) mass is 276 g/mol. The van der Waals surface area contributed by atoms with Crippen molar-refractivity contribution in [1.82, 2.24) is 10.6 Å². The van der Waals surface area contributed by atoms with Crippen molar-refractivity contribution < 1.29 is 14.7 Å². The molecule has 5 nitrogen and oxygen atoms in total. The van der Waals surface area contributed by atoms with E-state index in [0.717, 1.165) is 11.5 Å². The van der Waals surface area contributed by atoms with Crippen molar-refractivity contribution in [3.8, 4) is 0 Å². The third kappa shape index (κ3) is 6.74. The van der Waals surface area contributed by atoms with E-state index in [1.54, 1.807) is 32.5 Å². The Morgan fingerprint density at radius 3 is 2.22 bits per heavy atom. The fourth-order valence-corrected chi connectivity index (χ4v) is 2.05. The molecule has 0 aromatic heterocycles. The van der Waals surface area contributed by atoms with E-state index < -0.39 is 23.5 Å². The Morgan fingerprint density at radius 1 is 1.28 bits per heavy atom. The summed E-state index contributed by atoms with van der Waals surface area (Å²) >= 11 is 1.73. The number of urea groups is 1. The van der Waals surface area contributed by atoms with Crippen LogP contribution in [0.25, 0.3) is 0 Å². The van der Waals surface area contributed by atoms with Gasteiger partial charge in [-0.2, -0.15) is 11.8 Å². The highest BCUT2D eigenvalue weighted by Gasteiger charge is 2.32. The summed E-state index contributed by atoms with van der Waals surface area (Å²) in [7, 11) is 0. The topological polar surface area (TPSA) is 78.4 Å². The Hall–Kier alpha value is -0.910. The number of carboxylic acids is 1. The molecule has 3 N–H and O–H groups in total. The largest absolute Gasteiger partial charge is 0.480 e. The summed E-state index contributed by atoms with van der Waals surface area (Å²) in [6.45, 7) is 9.29. The van der Waals surface area contributed by atoms with Gasteiger partial charge in [0.25, 0.3) is 0 Å². The maximum absolute atomic E-state index is 11.7. The van der Waals surface area contributed by atoms with Gasteiger partial charge >= 0.3 is 12.0 Å². The summed E-state index contributed by atoms with van der Waals surface area (Å²) in [6.07, 6.45) is 0. The summed E-state index contributed by atoms with van der Waals surface area (Å²) in [6, 6.07) is -1.31. The Morgan fingerprint density at radius 2 is 1.83 bits per heavy atom. The van der Waals surface area contributed by atoms with Crippen LogP contribution in [0.5, 0.6) is 0 Å². The molecule has 0 aromatic carbocycles. The van der Waals surface area contributed by atoms with Gasteiger partial charge in [0.1, 0.15) is 6.04 Å². The second-order valence-electron chi connectivity index (χ2n) is 5.32. The molecule has 6 heteroatoms. The zero-order valence-electron chi connectivity index (χ0n) is 11.7. The highest BCUT2D eigenvalue weighted by atomic mass is 32.2. The lowest BCUT2D eigenvalue weighted by Gasteiger charge is -2.28. The highest BCUT2D eigenvalue weighted by molar-refractivity contribution is 7.99. The minimum absolute atomic E-state index is 0.0179. The van der Waals surface area contributed by atoms with Gasteiger partial charge in [0.2, 0.25) is 0 Å². The first-order valence-corrected chi connectivity index (χ1v) is 7.21. The molecule has 0 saturated carbocycles. The van der Waals surface area contributed by atoms with Crippen molar-refractivity contribution in [2.24, 2.45) is 5.41 Å². The SMILES string of the molecule is CCSCC(C)NC(=O)N[C@H](C(=O)O)C(C)(C)C. The number of rotatable bonds is 6. The molecule has 0 rings (SSSR count). The molecule has 0 fully saturated rings. The molecule has 0 heterocycles. The maximum atomic E-state index is 11.7. The minimum atomic E-state index is -1.02. The molecule has 18 heavy (non-hydrogen) atoms. The van der Waals surface area contributed by atoms with Gasteiger partial charge in [-0.15, -0.1) is 0 Å². The Balaban J connectivity index is 4.31. The number of nitrogens with one attached hydrogen (secondary N) is 2. The second kappa shape index (κ2) is 7.51. The molecule has 0 radical (unpaired) electrons. The molecule has 0 aliphatic carbocycles. The minimum Gasteiger partial charge on any atom is -0.480 e. The molecular weight excluding hydrogens is 252 g/mol. The smallest absolute Gasteiger partial charge is 0.326 e. The standard InChI is InChI=1S/C12H24N2O3S/c1-6-18-7-8(2)13-11(17)14-9(10(15)16)12(3,4)5/h8-9H,6-7H2,1-5H3,(H,15,16)(H2,13,14,17)/t8?,9-/m1/s1. The van der Waals surface area contributed by atoms with Gasteiger partial charge in [0.15, 0.2) is 0 Å². The molecule has 0 aliphatic rings. The van der Waals surface area contributed by atoms with Crippen LogP contribution >= 0.6 is 11.8 Å². The zero-order chi connectivity index (χ0) is 14.3. The maximum Gasteiger partial charge on any atom is 0.326 e. The summed E-state index contributed by atoms with van der Waals surface area (Å²) in [4.78, 5) is 22.8. The molecule has 0 spiro atoms.